The summed E-state index contributed by atoms with van der Waals surface area (Å²) < 4.78 is 5.78. The van der Waals surface area contributed by atoms with Gasteiger partial charge in [0.1, 0.15) is 12.4 Å². The number of nitrogens with one attached hydrogen (secondary N) is 1. The molecule has 0 spiro atoms. The van der Waals surface area contributed by atoms with E-state index in [0.717, 1.165) is 27.4 Å². The van der Waals surface area contributed by atoms with Crippen LogP contribution < -0.4 is 10.1 Å². The summed E-state index contributed by atoms with van der Waals surface area (Å²) in [6, 6.07) is 21.7. The molecule has 144 valence electrons. The minimum absolute atomic E-state index is 0.207. The Kier molecular flexibility index (Phi) is 6.14. The van der Waals surface area contributed by atoms with E-state index in [4.69, 9.17) is 4.74 Å². The third-order valence-electron chi connectivity index (χ3n) is 4.06. The van der Waals surface area contributed by atoms with Crippen LogP contribution in [0.15, 0.2) is 83.6 Å². The number of anilines is 1. The Morgan fingerprint density at radius 2 is 1.83 bits per heavy atom. The normalized spacial score (nSPS) is 10.9. The van der Waals surface area contributed by atoms with Gasteiger partial charge in [0, 0.05) is 11.5 Å². The van der Waals surface area contributed by atoms with Gasteiger partial charge in [0.15, 0.2) is 5.13 Å². The first-order valence-corrected chi connectivity index (χ1v) is 10.8. The SMILES string of the molecule is O=C(/C=C/c1ccc(OCc2ccccc2)cc1)Nc1nc(-c2cccs2)cs1. The molecule has 0 aliphatic heterocycles. The van der Waals surface area contributed by atoms with E-state index in [-0.39, 0.29) is 5.91 Å². The zero-order valence-corrected chi connectivity index (χ0v) is 17.1. The van der Waals surface area contributed by atoms with Gasteiger partial charge in [0.2, 0.25) is 5.91 Å². The zero-order valence-electron chi connectivity index (χ0n) is 15.4. The maximum absolute atomic E-state index is 12.2. The summed E-state index contributed by atoms with van der Waals surface area (Å²) >= 11 is 3.04. The van der Waals surface area contributed by atoms with Crippen LogP contribution in [0.1, 0.15) is 11.1 Å². The molecule has 0 atom stereocenters. The molecule has 2 aromatic heterocycles. The first-order chi connectivity index (χ1) is 14.3. The van der Waals surface area contributed by atoms with Gasteiger partial charge in [-0.1, -0.05) is 48.5 Å². The molecule has 0 saturated heterocycles. The summed E-state index contributed by atoms with van der Waals surface area (Å²) in [4.78, 5) is 17.7. The van der Waals surface area contributed by atoms with Crippen molar-refractivity contribution in [3.05, 3.63) is 94.7 Å². The van der Waals surface area contributed by atoms with Gasteiger partial charge in [0.25, 0.3) is 0 Å². The summed E-state index contributed by atoms with van der Waals surface area (Å²) in [6.45, 7) is 0.527. The number of ether oxygens (including phenoxy) is 1. The Balaban J connectivity index is 1.30. The fraction of sp³-hybridized carbons (Fsp3) is 0.0435. The maximum atomic E-state index is 12.2. The van der Waals surface area contributed by atoms with Gasteiger partial charge in [-0.3, -0.25) is 10.1 Å². The van der Waals surface area contributed by atoms with Gasteiger partial charge in [-0.15, -0.1) is 22.7 Å². The minimum Gasteiger partial charge on any atom is -0.489 e. The highest BCUT2D eigenvalue weighted by Crippen LogP contribution is 2.28. The maximum Gasteiger partial charge on any atom is 0.250 e. The molecule has 0 aliphatic carbocycles. The van der Waals surface area contributed by atoms with Crippen LogP contribution in [0, 0.1) is 0 Å². The number of amides is 1. The number of hydrogen-bond donors (Lipinski definition) is 1. The molecule has 1 amide bonds. The van der Waals surface area contributed by atoms with Crippen LogP contribution >= 0.6 is 22.7 Å². The minimum atomic E-state index is -0.207. The van der Waals surface area contributed by atoms with Gasteiger partial charge >= 0.3 is 0 Å². The largest absolute Gasteiger partial charge is 0.489 e. The number of thiazole rings is 1. The molecule has 0 fully saturated rings. The molecule has 2 aromatic carbocycles. The second-order valence-corrected chi connectivity index (χ2v) is 7.99. The van der Waals surface area contributed by atoms with Crippen LogP contribution in [-0.2, 0) is 11.4 Å². The quantitative estimate of drug-likeness (QED) is 0.369. The number of aromatic nitrogens is 1. The lowest BCUT2D eigenvalue weighted by Gasteiger charge is -2.06. The predicted octanol–water partition coefficient (Wildman–Crippen LogP) is 6.10. The standard InChI is InChI=1S/C23H18N2O2S2/c26-22(25-23-24-20(16-29-23)21-7-4-14-28-21)13-10-17-8-11-19(12-9-17)27-15-18-5-2-1-3-6-18/h1-14,16H,15H2,(H,24,25,26)/b13-10+. The smallest absolute Gasteiger partial charge is 0.250 e. The molecule has 0 unspecified atom stereocenters. The van der Waals surface area contributed by atoms with Gasteiger partial charge in [0.05, 0.1) is 10.6 Å². The van der Waals surface area contributed by atoms with Crippen molar-refractivity contribution in [1.82, 2.24) is 4.98 Å². The average molecular weight is 419 g/mol. The number of carbonyl (C=O) groups is 1. The molecule has 0 aliphatic rings. The first kappa shape index (κ1) is 19.1. The lowest BCUT2D eigenvalue weighted by Crippen LogP contribution is -2.07. The highest BCUT2D eigenvalue weighted by atomic mass is 32.1. The van der Waals surface area contributed by atoms with Crippen molar-refractivity contribution in [3.8, 4) is 16.3 Å². The highest BCUT2D eigenvalue weighted by molar-refractivity contribution is 7.16. The lowest BCUT2D eigenvalue weighted by molar-refractivity contribution is -0.111. The Morgan fingerprint density at radius 1 is 1.00 bits per heavy atom. The molecule has 4 nitrogen and oxygen atoms in total. The van der Waals surface area contributed by atoms with Crippen molar-refractivity contribution in [2.24, 2.45) is 0 Å². The van der Waals surface area contributed by atoms with E-state index >= 15 is 0 Å². The molecule has 29 heavy (non-hydrogen) atoms. The van der Waals surface area contributed by atoms with Crippen LogP contribution in [0.2, 0.25) is 0 Å². The lowest BCUT2D eigenvalue weighted by atomic mass is 10.2. The van der Waals surface area contributed by atoms with Crippen molar-refractivity contribution >= 4 is 39.8 Å². The average Bonchev–Trinajstić information content (AvgIpc) is 3.44. The molecule has 0 bridgehead atoms. The van der Waals surface area contributed by atoms with E-state index < -0.39 is 0 Å². The highest BCUT2D eigenvalue weighted by Gasteiger charge is 2.07. The number of benzene rings is 2. The predicted molar refractivity (Wildman–Crippen MR) is 120 cm³/mol. The van der Waals surface area contributed by atoms with Gasteiger partial charge < -0.3 is 4.74 Å². The Hall–Kier alpha value is -3.22. The van der Waals surface area contributed by atoms with E-state index in [2.05, 4.69) is 10.3 Å². The van der Waals surface area contributed by atoms with E-state index in [9.17, 15) is 4.79 Å². The number of carbonyl (C=O) groups excluding carboxylic acids is 1. The number of thiophene rings is 1. The number of hydrogen-bond acceptors (Lipinski definition) is 5. The third kappa shape index (κ3) is 5.40. The van der Waals surface area contributed by atoms with Gasteiger partial charge in [-0.25, -0.2) is 4.98 Å². The summed E-state index contributed by atoms with van der Waals surface area (Å²) in [5, 5.41) is 7.35. The van der Waals surface area contributed by atoms with Gasteiger partial charge in [-0.05, 0) is 40.8 Å². The van der Waals surface area contributed by atoms with E-state index in [1.165, 1.54) is 17.4 Å². The number of nitrogens with zero attached hydrogens (tertiary/aromatic N) is 1. The second-order valence-electron chi connectivity index (χ2n) is 6.18. The van der Waals surface area contributed by atoms with Crippen LogP contribution in [0.5, 0.6) is 5.75 Å². The summed E-state index contributed by atoms with van der Waals surface area (Å²) in [6.07, 6.45) is 3.27. The monoisotopic (exact) mass is 418 g/mol. The molecule has 6 heteroatoms. The molecule has 0 saturated carbocycles. The molecule has 4 aromatic rings. The Morgan fingerprint density at radius 3 is 2.59 bits per heavy atom. The topological polar surface area (TPSA) is 51.2 Å². The van der Waals surface area contributed by atoms with Crippen LogP contribution in [-0.4, -0.2) is 10.9 Å². The van der Waals surface area contributed by atoms with E-state index in [1.54, 1.807) is 17.4 Å². The van der Waals surface area contributed by atoms with Crippen molar-refractivity contribution < 1.29 is 9.53 Å². The molecular formula is C23H18N2O2S2. The first-order valence-electron chi connectivity index (χ1n) is 9.01. The molecule has 1 N–H and O–H groups in total. The molecule has 2 heterocycles. The zero-order chi connectivity index (χ0) is 19.9. The van der Waals surface area contributed by atoms with Crippen molar-refractivity contribution in [2.45, 2.75) is 6.61 Å². The van der Waals surface area contributed by atoms with Crippen LogP contribution in [0.25, 0.3) is 16.6 Å². The third-order valence-corrected chi connectivity index (χ3v) is 5.71. The van der Waals surface area contributed by atoms with E-state index in [1.807, 2.05) is 77.5 Å². The van der Waals surface area contributed by atoms with Crippen molar-refractivity contribution in [2.75, 3.05) is 5.32 Å². The number of rotatable bonds is 7. The fourth-order valence-corrected chi connectivity index (χ4v) is 4.08. The summed E-state index contributed by atoms with van der Waals surface area (Å²) in [7, 11) is 0. The molecule has 0 radical (unpaired) electrons. The summed E-state index contributed by atoms with van der Waals surface area (Å²) in [5.74, 6) is 0.584. The van der Waals surface area contributed by atoms with Gasteiger partial charge in [-0.2, -0.15) is 0 Å². The summed E-state index contributed by atoms with van der Waals surface area (Å²) in [5.41, 5.74) is 2.93. The molecular weight excluding hydrogens is 400 g/mol. The van der Waals surface area contributed by atoms with E-state index in [0.29, 0.717) is 11.7 Å². The van der Waals surface area contributed by atoms with Crippen LogP contribution in [0.4, 0.5) is 5.13 Å². The Labute approximate surface area is 177 Å². The van der Waals surface area contributed by atoms with Crippen molar-refractivity contribution in [3.63, 3.8) is 0 Å². The second kappa shape index (κ2) is 9.32. The van der Waals surface area contributed by atoms with Crippen LogP contribution in [0.3, 0.4) is 0 Å². The van der Waals surface area contributed by atoms with Crippen molar-refractivity contribution in [1.29, 1.82) is 0 Å². The molecule has 4 rings (SSSR count). The Bertz CT molecular complexity index is 1090. The fourth-order valence-electron chi connectivity index (χ4n) is 2.60.